The zero-order valence-corrected chi connectivity index (χ0v) is 14.1. The Kier molecular flexibility index (Phi) is 5.26. The molecular weight excluding hydrogens is 312 g/mol. The number of ether oxygens (including phenoxy) is 1. The fourth-order valence-corrected chi connectivity index (χ4v) is 3.20. The maximum atomic E-state index is 13.6. The molecule has 24 heavy (non-hydrogen) atoms. The topological polar surface area (TPSA) is 39.1 Å². The molecular formula is C18H23F2N3O. The highest BCUT2D eigenvalue weighted by molar-refractivity contribution is 5.64. The Bertz CT molecular complexity index is 688. The molecule has 6 heteroatoms. The summed E-state index contributed by atoms with van der Waals surface area (Å²) < 4.78 is 34.3. The van der Waals surface area contributed by atoms with Crippen LogP contribution in [-0.2, 0) is 17.8 Å². The van der Waals surface area contributed by atoms with Crippen molar-refractivity contribution in [3.63, 3.8) is 0 Å². The summed E-state index contributed by atoms with van der Waals surface area (Å²) >= 11 is 0. The van der Waals surface area contributed by atoms with Crippen LogP contribution in [0.25, 0.3) is 11.3 Å². The van der Waals surface area contributed by atoms with Crippen molar-refractivity contribution < 1.29 is 13.5 Å². The third-order valence-electron chi connectivity index (χ3n) is 4.50. The number of nitrogens with one attached hydrogen (secondary N) is 1. The van der Waals surface area contributed by atoms with Crippen molar-refractivity contribution in [3.8, 4) is 11.3 Å². The maximum Gasteiger partial charge on any atom is 0.126 e. The predicted octanol–water partition coefficient (Wildman–Crippen LogP) is 3.43. The largest absolute Gasteiger partial charge is 0.381 e. The first-order valence-corrected chi connectivity index (χ1v) is 8.42. The number of aromatic nitrogens is 2. The van der Waals surface area contributed by atoms with Gasteiger partial charge in [-0.1, -0.05) is 0 Å². The molecule has 0 atom stereocenters. The monoisotopic (exact) mass is 335 g/mol. The van der Waals surface area contributed by atoms with Gasteiger partial charge in [0.05, 0.1) is 11.4 Å². The van der Waals surface area contributed by atoms with Gasteiger partial charge in [-0.2, -0.15) is 5.10 Å². The number of hydrogen-bond donors (Lipinski definition) is 1. The number of benzene rings is 1. The van der Waals surface area contributed by atoms with E-state index in [1.165, 1.54) is 12.1 Å². The van der Waals surface area contributed by atoms with Gasteiger partial charge in [-0.15, -0.1) is 0 Å². The van der Waals surface area contributed by atoms with Crippen LogP contribution < -0.4 is 5.32 Å². The van der Waals surface area contributed by atoms with Crippen LogP contribution in [0.15, 0.2) is 18.2 Å². The van der Waals surface area contributed by atoms with Gasteiger partial charge < -0.3 is 10.1 Å². The van der Waals surface area contributed by atoms with Crippen molar-refractivity contribution in [2.45, 2.75) is 45.8 Å². The smallest absolute Gasteiger partial charge is 0.126 e. The molecule has 0 aliphatic carbocycles. The van der Waals surface area contributed by atoms with Gasteiger partial charge in [-0.25, -0.2) is 8.78 Å². The average molecular weight is 335 g/mol. The minimum Gasteiger partial charge on any atom is -0.381 e. The molecule has 1 saturated heterocycles. The van der Waals surface area contributed by atoms with Crippen LogP contribution in [-0.4, -0.2) is 29.0 Å². The molecule has 1 aliphatic rings. The van der Waals surface area contributed by atoms with Crippen molar-refractivity contribution in [3.05, 3.63) is 41.1 Å². The van der Waals surface area contributed by atoms with Crippen LogP contribution in [0, 0.1) is 18.6 Å². The van der Waals surface area contributed by atoms with E-state index in [9.17, 15) is 8.78 Å². The minimum absolute atomic E-state index is 0.431. The summed E-state index contributed by atoms with van der Waals surface area (Å²) in [5.74, 6) is -1.15. The minimum atomic E-state index is -0.574. The van der Waals surface area contributed by atoms with Crippen LogP contribution in [0.3, 0.4) is 0 Å². The summed E-state index contributed by atoms with van der Waals surface area (Å²) in [6.45, 7) is 6.79. The van der Waals surface area contributed by atoms with Crippen molar-refractivity contribution in [2.24, 2.45) is 0 Å². The van der Waals surface area contributed by atoms with E-state index in [1.807, 2.05) is 18.5 Å². The zero-order chi connectivity index (χ0) is 17.1. The third-order valence-corrected chi connectivity index (χ3v) is 4.50. The van der Waals surface area contributed by atoms with Crippen molar-refractivity contribution >= 4 is 0 Å². The Morgan fingerprint density at radius 3 is 2.50 bits per heavy atom. The Labute approximate surface area is 140 Å². The molecule has 2 heterocycles. The Morgan fingerprint density at radius 1 is 1.21 bits per heavy atom. The highest BCUT2D eigenvalue weighted by Crippen LogP contribution is 2.27. The Morgan fingerprint density at radius 2 is 1.88 bits per heavy atom. The van der Waals surface area contributed by atoms with Gasteiger partial charge in [-0.05, 0) is 44.4 Å². The molecule has 0 spiro atoms. The summed E-state index contributed by atoms with van der Waals surface area (Å²) in [6, 6.07) is 4.03. The molecule has 0 saturated carbocycles. The molecule has 1 aromatic carbocycles. The van der Waals surface area contributed by atoms with Gasteiger partial charge in [0.25, 0.3) is 0 Å². The van der Waals surface area contributed by atoms with Gasteiger partial charge in [0.1, 0.15) is 11.6 Å². The normalized spacial score (nSPS) is 15.8. The summed E-state index contributed by atoms with van der Waals surface area (Å²) in [5, 5.41) is 8.14. The molecule has 0 unspecified atom stereocenters. The third kappa shape index (κ3) is 3.65. The maximum absolute atomic E-state index is 13.6. The Hall–Kier alpha value is -1.79. The highest BCUT2D eigenvalue weighted by Gasteiger charge is 2.19. The van der Waals surface area contributed by atoms with E-state index in [0.717, 1.165) is 49.1 Å². The molecule has 2 aromatic rings. The van der Waals surface area contributed by atoms with Crippen LogP contribution in [0.5, 0.6) is 0 Å². The molecule has 130 valence electrons. The average Bonchev–Trinajstić information content (AvgIpc) is 2.89. The molecule has 1 fully saturated rings. The second-order valence-electron chi connectivity index (χ2n) is 6.16. The summed E-state index contributed by atoms with van der Waals surface area (Å²) in [6.07, 6.45) is 1.99. The lowest BCUT2D eigenvalue weighted by Crippen LogP contribution is -2.34. The molecule has 4 nitrogen and oxygen atoms in total. The summed E-state index contributed by atoms with van der Waals surface area (Å²) in [5.41, 5.74) is 3.18. The predicted molar refractivity (Wildman–Crippen MR) is 88.7 cm³/mol. The van der Waals surface area contributed by atoms with E-state index >= 15 is 0 Å². The van der Waals surface area contributed by atoms with Gasteiger partial charge in [-0.3, -0.25) is 4.68 Å². The van der Waals surface area contributed by atoms with Crippen LogP contribution >= 0.6 is 0 Å². The lowest BCUT2D eigenvalue weighted by molar-refractivity contribution is 0.0775. The van der Waals surface area contributed by atoms with E-state index in [-0.39, 0.29) is 0 Å². The second kappa shape index (κ2) is 7.40. The standard InChI is InChI=1S/C18H23F2N3O/c1-3-23-18(13-8-14(19)10-15(20)9-13)12(2)17(22-23)11-21-16-4-6-24-7-5-16/h8-10,16,21H,3-7,11H2,1-2H3. The molecule has 0 bridgehead atoms. The summed E-state index contributed by atoms with van der Waals surface area (Å²) in [7, 11) is 0. The van der Waals surface area contributed by atoms with Gasteiger partial charge in [0.15, 0.2) is 0 Å². The van der Waals surface area contributed by atoms with Crippen molar-refractivity contribution in [1.82, 2.24) is 15.1 Å². The molecule has 1 aromatic heterocycles. The fraction of sp³-hybridized carbons (Fsp3) is 0.500. The zero-order valence-electron chi connectivity index (χ0n) is 14.1. The van der Waals surface area contributed by atoms with E-state index in [2.05, 4.69) is 10.4 Å². The first-order chi connectivity index (χ1) is 11.6. The first-order valence-electron chi connectivity index (χ1n) is 8.42. The first kappa shape index (κ1) is 17.0. The van der Waals surface area contributed by atoms with Crippen LogP contribution in [0.4, 0.5) is 8.78 Å². The molecule has 0 amide bonds. The number of halogens is 2. The van der Waals surface area contributed by atoms with E-state index in [0.29, 0.717) is 24.7 Å². The number of aryl methyl sites for hydroxylation is 1. The lowest BCUT2D eigenvalue weighted by Gasteiger charge is -2.22. The number of nitrogens with zero attached hydrogens (tertiary/aromatic N) is 2. The molecule has 3 rings (SSSR count). The summed E-state index contributed by atoms with van der Waals surface area (Å²) in [4.78, 5) is 0. The van der Waals surface area contributed by atoms with Gasteiger partial charge in [0.2, 0.25) is 0 Å². The van der Waals surface area contributed by atoms with Crippen LogP contribution in [0.1, 0.15) is 31.0 Å². The van der Waals surface area contributed by atoms with Gasteiger partial charge >= 0.3 is 0 Å². The molecule has 1 aliphatic heterocycles. The number of hydrogen-bond acceptors (Lipinski definition) is 3. The Balaban J connectivity index is 1.85. The molecule has 0 radical (unpaired) electrons. The van der Waals surface area contributed by atoms with Crippen molar-refractivity contribution in [2.75, 3.05) is 13.2 Å². The quantitative estimate of drug-likeness (QED) is 0.910. The van der Waals surface area contributed by atoms with Gasteiger partial charge in [0, 0.05) is 44.0 Å². The van der Waals surface area contributed by atoms with Crippen molar-refractivity contribution in [1.29, 1.82) is 0 Å². The fourth-order valence-electron chi connectivity index (χ4n) is 3.20. The highest BCUT2D eigenvalue weighted by atomic mass is 19.1. The van der Waals surface area contributed by atoms with E-state index < -0.39 is 11.6 Å². The van der Waals surface area contributed by atoms with Crippen LogP contribution in [0.2, 0.25) is 0 Å². The van der Waals surface area contributed by atoms with E-state index in [1.54, 1.807) is 0 Å². The van der Waals surface area contributed by atoms with E-state index in [4.69, 9.17) is 4.74 Å². The lowest BCUT2D eigenvalue weighted by atomic mass is 10.1. The second-order valence-corrected chi connectivity index (χ2v) is 6.16. The molecule has 1 N–H and O–H groups in total. The SMILES string of the molecule is CCn1nc(CNC2CCOCC2)c(C)c1-c1cc(F)cc(F)c1. The number of rotatable bonds is 5.